The summed E-state index contributed by atoms with van der Waals surface area (Å²) in [6, 6.07) is 2.09. The molecular formula is C22H22BClF2N4O4. The van der Waals surface area contributed by atoms with Gasteiger partial charge in [-0.15, -0.1) is 0 Å². The number of carbonyl (C=O) groups excluding carboxylic acids is 1. The van der Waals surface area contributed by atoms with E-state index in [1.165, 1.54) is 22.9 Å². The van der Waals surface area contributed by atoms with E-state index in [-0.39, 0.29) is 22.2 Å². The largest absolute Gasteiger partial charge is 0.492 e. The van der Waals surface area contributed by atoms with E-state index in [0.717, 1.165) is 6.20 Å². The molecule has 1 unspecified atom stereocenters. The molecule has 12 heteroatoms. The van der Waals surface area contributed by atoms with Gasteiger partial charge in [0.25, 0.3) is 5.56 Å². The summed E-state index contributed by atoms with van der Waals surface area (Å²) >= 11 is 6.17. The molecule has 0 aliphatic heterocycles. The maximum absolute atomic E-state index is 13.9. The first-order valence-electron chi connectivity index (χ1n) is 9.79. The summed E-state index contributed by atoms with van der Waals surface area (Å²) in [5.41, 5.74) is 0.652. The quantitative estimate of drug-likeness (QED) is 0.297. The molecule has 0 bridgehead atoms. The molecule has 0 amide bonds. The number of aldehydes is 1. The van der Waals surface area contributed by atoms with Gasteiger partial charge in [0.2, 0.25) is 0 Å². The Bertz CT molecular complexity index is 1240. The summed E-state index contributed by atoms with van der Waals surface area (Å²) in [5, 5.41) is 1.32. The van der Waals surface area contributed by atoms with Gasteiger partial charge in [-0.25, -0.2) is 8.78 Å². The first-order valence-corrected chi connectivity index (χ1v) is 10.2. The van der Waals surface area contributed by atoms with Crippen LogP contribution in [0, 0.1) is 25.5 Å². The standard InChI is InChI=1S/C19H13BClF2N3O3.C3H9NO/c1-9-6-24-12(8-27)5-14(9)26-10(2)3-15(16(21)19(26)28)29-18(20)17-13(23)4-11(22)7-25-17;1-4(2)5-3/h3-8,18H,1-2H3;1-3H3. The van der Waals surface area contributed by atoms with Crippen LogP contribution < -0.4 is 10.3 Å². The average molecular weight is 491 g/mol. The summed E-state index contributed by atoms with van der Waals surface area (Å²) in [5.74, 6) is -1.95. The molecule has 0 saturated carbocycles. The molecule has 0 aliphatic carbocycles. The lowest BCUT2D eigenvalue weighted by atomic mass is 9.95. The Morgan fingerprint density at radius 1 is 1.18 bits per heavy atom. The van der Waals surface area contributed by atoms with Gasteiger partial charge in [0.05, 0.1) is 25.0 Å². The van der Waals surface area contributed by atoms with Crippen molar-refractivity contribution in [3.8, 4) is 11.4 Å². The Hall–Kier alpha value is -3.15. The van der Waals surface area contributed by atoms with Crippen molar-refractivity contribution in [2.24, 2.45) is 0 Å². The molecule has 3 aromatic heterocycles. The molecule has 0 spiro atoms. The van der Waals surface area contributed by atoms with Crippen molar-refractivity contribution in [1.29, 1.82) is 0 Å². The van der Waals surface area contributed by atoms with Crippen LogP contribution in [0.25, 0.3) is 5.69 Å². The van der Waals surface area contributed by atoms with E-state index in [9.17, 15) is 18.4 Å². The van der Waals surface area contributed by atoms with Crippen molar-refractivity contribution in [1.82, 2.24) is 19.6 Å². The van der Waals surface area contributed by atoms with E-state index in [2.05, 4.69) is 14.8 Å². The second-order valence-corrected chi connectivity index (χ2v) is 7.55. The lowest BCUT2D eigenvalue weighted by Gasteiger charge is -2.19. The summed E-state index contributed by atoms with van der Waals surface area (Å²) in [7, 11) is 11.1. The molecule has 0 aliphatic rings. The van der Waals surface area contributed by atoms with Gasteiger partial charge in [0.1, 0.15) is 35.8 Å². The van der Waals surface area contributed by atoms with Crippen LogP contribution in [0.2, 0.25) is 5.02 Å². The van der Waals surface area contributed by atoms with Gasteiger partial charge in [-0.3, -0.25) is 24.1 Å². The number of pyridine rings is 3. The molecule has 3 aromatic rings. The normalized spacial score (nSPS) is 11.6. The SMILES string of the molecule is CON(C)C.[B]C(Oc1cc(C)n(-c2cc(C=O)ncc2C)c(=O)c1Cl)c1ncc(F)cc1F. The Morgan fingerprint density at radius 2 is 1.82 bits per heavy atom. The lowest BCUT2D eigenvalue weighted by Crippen LogP contribution is -2.23. The topological polar surface area (TPSA) is 86.5 Å². The van der Waals surface area contributed by atoms with E-state index >= 15 is 0 Å². The molecule has 34 heavy (non-hydrogen) atoms. The predicted molar refractivity (Wildman–Crippen MR) is 124 cm³/mol. The summed E-state index contributed by atoms with van der Waals surface area (Å²) in [6.45, 7) is 3.34. The van der Waals surface area contributed by atoms with Crippen LogP contribution in [0.1, 0.15) is 33.4 Å². The predicted octanol–water partition coefficient (Wildman–Crippen LogP) is 3.34. The number of aryl methyl sites for hydroxylation is 2. The van der Waals surface area contributed by atoms with Crippen molar-refractivity contribution in [3.05, 3.63) is 80.2 Å². The van der Waals surface area contributed by atoms with Gasteiger partial charge in [-0.2, -0.15) is 5.06 Å². The molecule has 0 fully saturated rings. The van der Waals surface area contributed by atoms with Gasteiger partial charge in [0, 0.05) is 38.1 Å². The second kappa shape index (κ2) is 11.8. The Kier molecular flexibility index (Phi) is 9.42. The van der Waals surface area contributed by atoms with Crippen LogP contribution in [0.5, 0.6) is 5.75 Å². The Balaban J connectivity index is 0.000000739. The van der Waals surface area contributed by atoms with E-state index in [0.29, 0.717) is 29.3 Å². The smallest absolute Gasteiger partial charge is 0.277 e. The Morgan fingerprint density at radius 3 is 2.38 bits per heavy atom. The first kappa shape index (κ1) is 27.1. The van der Waals surface area contributed by atoms with Crippen LogP contribution in [-0.2, 0) is 4.84 Å². The van der Waals surface area contributed by atoms with Crippen molar-refractivity contribution in [2.75, 3.05) is 21.2 Å². The zero-order chi connectivity index (χ0) is 25.6. The average Bonchev–Trinajstić information content (AvgIpc) is 2.78. The first-order chi connectivity index (χ1) is 16.0. The fourth-order valence-electron chi connectivity index (χ4n) is 2.73. The molecule has 8 nitrogen and oxygen atoms in total. The number of nitrogens with zero attached hydrogens (tertiary/aromatic N) is 4. The molecule has 178 valence electrons. The monoisotopic (exact) mass is 490 g/mol. The fraction of sp³-hybridized carbons (Fsp3) is 0.273. The Labute approximate surface area is 201 Å². The molecular weight excluding hydrogens is 469 g/mol. The number of carbonyl (C=O) groups is 1. The molecule has 0 saturated heterocycles. The summed E-state index contributed by atoms with van der Waals surface area (Å²) in [6.07, 6.45) is 2.82. The van der Waals surface area contributed by atoms with Gasteiger partial charge in [-0.1, -0.05) is 11.6 Å². The number of hydrogen-bond acceptors (Lipinski definition) is 7. The van der Waals surface area contributed by atoms with Crippen molar-refractivity contribution < 1.29 is 23.1 Å². The van der Waals surface area contributed by atoms with Crippen molar-refractivity contribution in [2.45, 2.75) is 19.9 Å². The number of hydroxylamine groups is 2. The summed E-state index contributed by atoms with van der Waals surface area (Å²) in [4.78, 5) is 36.0. The zero-order valence-corrected chi connectivity index (χ0v) is 19.9. The van der Waals surface area contributed by atoms with Gasteiger partial charge < -0.3 is 9.57 Å². The number of ether oxygens (including phenoxy) is 1. The number of hydrogen-bond donors (Lipinski definition) is 0. The third-order valence-corrected chi connectivity index (χ3v) is 4.83. The molecule has 3 rings (SSSR count). The highest BCUT2D eigenvalue weighted by Crippen LogP contribution is 2.28. The minimum atomic E-state index is -1.42. The molecule has 2 radical (unpaired) electrons. The van der Waals surface area contributed by atoms with Gasteiger partial charge in [-0.05, 0) is 25.5 Å². The van der Waals surface area contributed by atoms with Crippen LogP contribution >= 0.6 is 11.6 Å². The number of rotatable bonds is 6. The van der Waals surface area contributed by atoms with E-state index in [1.54, 1.807) is 26.0 Å². The number of halogens is 3. The van der Waals surface area contributed by atoms with Crippen molar-refractivity contribution in [3.63, 3.8) is 0 Å². The van der Waals surface area contributed by atoms with E-state index in [4.69, 9.17) is 24.2 Å². The third kappa shape index (κ3) is 6.46. The minimum Gasteiger partial charge on any atom is -0.492 e. The molecule has 1 atom stereocenters. The zero-order valence-electron chi connectivity index (χ0n) is 19.2. The third-order valence-electron chi connectivity index (χ3n) is 4.48. The number of aromatic nitrogens is 3. The van der Waals surface area contributed by atoms with Crippen molar-refractivity contribution >= 4 is 25.7 Å². The summed E-state index contributed by atoms with van der Waals surface area (Å²) < 4.78 is 33.6. The minimum absolute atomic E-state index is 0.0919. The maximum Gasteiger partial charge on any atom is 0.277 e. The highest BCUT2D eigenvalue weighted by molar-refractivity contribution is 6.31. The lowest BCUT2D eigenvalue weighted by molar-refractivity contribution is -0.0855. The molecule has 3 heterocycles. The maximum atomic E-state index is 13.9. The molecule has 0 N–H and O–H groups in total. The highest BCUT2D eigenvalue weighted by Gasteiger charge is 2.20. The van der Waals surface area contributed by atoms with Gasteiger partial charge >= 0.3 is 0 Å². The fourth-order valence-corrected chi connectivity index (χ4v) is 2.91. The van der Waals surface area contributed by atoms with E-state index < -0.39 is 23.2 Å². The van der Waals surface area contributed by atoms with Crippen LogP contribution in [0.3, 0.4) is 0 Å². The molecule has 0 aromatic carbocycles. The van der Waals surface area contributed by atoms with Crippen LogP contribution in [0.15, 0.2) is 35.4 Å². The van der Waals surface area contributed by atoms with Crippen LogP contribution in [0.4, 0.5) is 8.78 Å². The van der Waals surface area contributed by atoms with E-state index in [1.807, 2.05) is 14.1 Å². The second-order valence-electron chi connectivity index (χ2n) is 7.17. The van der Waals surface area contributed by atoms with Crippen LogP contribution in [-0.4, -0.2) is 54.9 Å². The highest BCUT2D eigenvalue weighted by atomic mass is 35.5. The van der Waals surface area contributed by atoms with Gasteiger partial charge in [0.15, 0.2) is 12.1 Å².